The molecule has 9 nitrogen and oxygen atoms in total. The van der Waals surface area contributed by atoms with Crippen LogP contribution in [0.3, 0.4) is 0 Å². The summed E-state index contributed by atoms with van der Waals surface area (Å²) in [6, 6.07) is 3.79. The van der Waals surface area contributed by atoms with Gasteiger partial charge in [-0.1, -0.05) is 0 Å². The topological polar surface area (TPSA) is 99.6 Å². The van der Waals surface area contributed by atoms with E-state index in [0.717, 1.165) is 49.5 Å². The first-order valence-corrected chi connectivity index (χ1v) is 14.0. The average molecular weight is 654 g/mol. The number of ether oxygens (including phenoxy) is 3. The molecule has 0 spiro atoms. The van der Waals surface area contributed by atoms with Gasteiger partial charge < -0.3 is 28.1 Å². The third-order valence-corrected chi connectivity index (χ3v) is 6.71. The molecule has 0 saturated carbocycles. The lowest BCUT2D eigenvalue weighted by Crippen LogP contribution is -2.19. The lowest BCUT2D eigenvalue weighted by atomic mass is 10.0. The molecule has 38 heavy (non-hydrogen) atoms. The molecule has 0 fully saturated rings. The Bertz CT molecular complexity index is 1380. The summed E-state index contributed by atoms with van der Waals surface area (Å²) in [6.45, 7) is 8.74. The Morgan fingerprint density at radius 2 is 1.37 bits per heavy atom. The van der Waals surface area contributed by atoms with Crippen LogP contribution in [0, 0.1) is 0 Å². The Morgan fingerprint density at radius 3 is 1.79 bits per heavy atom. The molecule has 4 aromatic heterocycles. The van der Waals surface area contributed by atoms with Gasteiger partial charge in [-0.05, 0) is 72.4 Å². The molecule has 11 heteroatoms. The number of esters is 1. The quantitative estimate of drug-likeness (QED) is 0.216. The zero-order valence-electron chi connectivity index (χ0n) is 22.3. The zero-order chi connectivity index (χ0) is 27.9. The molecule has 1 N–H and O–H groups in total. The van der Waals surface area contributed by atoms with E-state index in [4.69, 9.17) is 9.47 Å². The summed E-state index contributed by atoms with van der Waals surface area (Å²) in [5, 5.41) is 9.75. The van der Waals surface area contributed by atoms with Crippen molar-refractivity contribution in [2.45, 2.75) is 59.0 Å². The monoisotopic (exact) mass is 652 g/mol. The van der Waals surface area contributed by atoms with Gasteiger partial charge in [-0.3, -0.25) is 4.79 Å². The third kappa shape index (κ3) is 8.44. The summed E-state index contributed by atoms with van der Waals surface area (Å²) in [6.07, 6.45) is 10.1. The zero-order valence-corrected chi connectivity index (χ0v) is 25.5. The van der Waals surface area contributed by atoms with Crippen molar-refractivity contribution in [2.75, 3.05) is 20.3 Å². The van der Waals surface area contributed by atoms with Gasteiger partial charge in [-0.2, -0.15) is 0 Å². The summed E-state index contributed by atoms with van der Waals surface area (Å²) in [5.41, 5.74) is 2.82. The van der Waals surface area contributed by atoms with E-state index in [9.17, 15) is 9.90 Å². The van der Waals surface area contributed by atoms with Crippen LogP contribution in [0.1, 0.15) is 51.9 Å². The van der Waals surface area contributed by atoms with Gasteiger partial charge in [0.25, 0.3) is 0 Å². The SMILES string of the molecule is CCOc1cc2nc(CCC(=O)OC)cn2cc1Br.CCOc1cc2nc(CCC(C)(C)O)cn2cc1Br. The molecule has 0 aliphatic rings. The van der Waals surface area contributed by atoms with Crippen LogP contribution in [0.2, 0.25) is 0 Å². The molecule has 4 heterocycles. The molecule has 0 aromatic carbocycles. The average Bonchev–Trinajstić information content (AvgIpc) is 3.44. The molecule has 0 amide bonds. The number of rotatable bonds is 10. The summed E-state index contributed by atoms with van der Waals surface area (Å²) in [5.74, 6) is 1.34. The number of imidazole rings is 2. The van der Waals surface area contributed by atoms with Crippen LogP contribution < -0.4 is 9.47 Å². The highest BCUT2D eigenvalue weighted by atomic mass is 79.9. The van der Waals surface area contributed by atoms with E-state index < -0.39 is 5.60 Å². The standard InChI is InChI=1S/C14H19BrN2O2.C13H15BrN2O3/c1-4-19-12-7-13-16-10(5-6-14(2,3)18)8-17(13)9-11(12)15;1-3-19-11-6-12-15-9(4-5-13(17)18-2)7-16(12)8-10(11)14/h7-9,18H,4-6H2,1-3H3;6-8H,3-5H2,1-2H3. The molecule has 0 atom stereocenters. The number of halogens is 2. The van der Waals surface area contributed by atoms with Gasteiger partial charge in [0.05, 0.1) is 52.7 Å². The second kappa shape index (κ2) is 13.4. The van der Waals surface area contributed by atoms with Gasteiger partial charge in [0.15, 0.2) is 0 Å². The van der Waals surface area contributed by atoms with Crippen molar-refractivity contribution in [3.8, 4) is 11.5 Å². The van der Waals surface area contributed by atoms with Gasteiger partial charge in [0.1, 0.15) is 22.8 Å². The first-order valence-electron chi connectivity index (χ1n) is 12.4. The minimum Gasteiger partial charge on any atom is -0.492 e. The number of methoxy groups -OCH3 is 1. The van der Waals surface area contributed by atoms with Crippen LogP contribution >= 0.6 is 31.9 Å². The molecule has 4 rings (SSSR count). The number of carbonyl (C=O) groups excluding carboxylic acids is 1. The van der Waals surface area contributed by atoms with Crippen molar-refractivity contribution >= 4 is 49.1 Å². The highest BCUT2D eigenvalue weighted by Gasteiger charge is 2.14. The molecule has 0 saturated heterocycles. The Labute approximate surface area is 239 Å². The maximum atomic E-state index is 11.1. The van der Waals surface area contributed by atoms with Crippen LogP contribution in [0.25, 0.3) is 11.3 Å². The summed E-state index contributed by atoms with van der Waals surface area (Å²) in [4.78, 5) is 20.1. The van der Waals surface area contributed by atoms with Crippen LogP contribution in [0.4, 0.5) is 0 Å². The molecule has 0 unspecified atom stereocenters. The first kappa shape index (κ1) is 29.9. The molecule has 0 bridgehead atoms. The van der Waals surface area contributed by atoms with E-state index >= 15 is 0 Å². The van der Waals surface area contributed by atoms with Gasteiger partial charge in [0.2, 0.25) is 0 Å². The predicted octanol–water partition coefficient (Wildman–Crippen LogP) is 5.80. The van der Waals surface area contributed by atoms with E-state index in [1.165, 1.54) is 7.11 Å². The summed E-state index contributed by atoms with van der Waals surface area (Å²) < 4.78 is 21.3. The van der Waals surface area contributed by atoms with E-state index in [1.807, 2.05) is 73.4 Å². The molecular formula is C27H34Br2N4O5. The number of nitrogens with zero attached hydrogens (tertiary/aromatic N) is 4. The molecule has 206 valence electrons. The van der Waals surface area contributed by atoms with Gasteiger partial charge in [-0.15, -0.1) is 0 Å². The van der Waals surface area contributed by atoms with Crippen LogP contribution in [-0.4, -0.2) is 55.8 Å². The van der Waals surface area contributed by atoms with Crippen LogP contribution in [0.5, 0.6) is 11.5 Å². The van der Waals surface area contributed by atoms with E-state index in [2.05, 4.69) is 46.6 Å². The number of aliphatic hydroxyl groups is 1. The second-order valence-electron chi connectivity index (χ2n) is 9.22. The number of aryl methyl sites for hydroxylation is 2. The Morgan fingerprint density at radius 1 is 0.895 bits per heavy atom. The van der Waals surface area contributed by atoms with Crippen molar-refractivity contribution < 1.29 is 24.1 Å². The number of carbonyl (C=O) groups is 1. The highest BCUT2D eigenvalue weighted by Crippen LogP contribution is 2.28. The third-order valence-electron chi connectivity index (χ3n) is 5.52. The van der Waals surface area contributed by atoms with E-state index in [0.29, 0.717) is 32.5 Å². The molecule has 0 aliphatic carbocycles. The minimum absolute atomic E-state index is 0.228. The van der Waals surface area contributed by atoms with E-state index in [1.54, 1.807) is 0 Å². The fourth-order valence-electron chi connectivity index (χ4n) is 3.62. The first-order chi connectivity index (χ1) is 18.0. The van der Waals surface area contributed by atoms with Gasteiger partial charge in [-0.25, -0.2) is 9.97 Å². The molecular weight excluding hydrogens is 620 g/mol. The summed E-state index contributed by atoms with van der Waals surface area (Å²) >= 11 is 6.94. The van der Waals surface area contributed by atoms with E-state index in [-0.39, 0.29) is 5.97 Å². The Kier molecular flexibility index (Phi) is 10.6. The number of hydrogen-bond donors (Lipinski definition) is 1. The molecule has 0 radical (unpaired) electrons. The fraction of sp³-hybridized carbons (Fsp3) is 0.444. The Balaban J connectivity index is 0.000000211. The largest absolute Gasteiger partial charge is 0.492 e. The van der Waals surface area contributed by atoms with Crippen LogP contribution in [0.15, 0.2) is 45.9 Å². The van der Waals surface area contributed by atoms with Crippen molar-refractivity contribution in [1.29, 1.82) is 0 Å². The smallest absolute Gasteiger partial charge is 0.305 e. The van der Waals surface area contributed by atoms with Crippen molar-refractivity contribution in [1.82, 2.24) is 18.8 Å². The van der Waals surface area contributed by atoms with Gasteiger partial charge >= 0.3 is 5.97 Å². The Hall–Kier alpha value is -2.63. The fourth-order valence-corrected chi connectivity index (χ4v) is 4.52. The predicted molar refractivity (Wildman–Crippen MR) is 153 cm³/mol. The minimum atomic E-state index is -0.660. The molecule has 0 aliphatic heterocycles. The normalized spacial score (nSPS) is 11.4. The number of aromatic nitrogens is 4. The lowest BCUT2D eigenvalue weighted by molar-refractivity contribution is -0.140. The maximum Gasteiger partial charge on any atom is 0.305 e. The van der Waals surface area contributed by atoms with Crippen molar-refractivity contribution in [3.63, 3.8) is 0 Å². The van der Waals surface area contributed by atoms with Gasteiger partial charge in [0, 0.05) is 43.3 Å². The van der Waals surface area contributed by atoms with Crippen molar-refractivity contribution in [3.05, 3.63) is 57.3 Å². The number of hydrogen-bond acceptors (Lipinski definition) is 7. The maximum absolute atomic E-state index is 11.1. The second-order valence-corrected chi connectivity index (χ2v) is 10.9. The molecule has 4 aromatic rings. The summed E-state index contributed by atoms with van der Waals surface area (Å²) in [7, 11) is 1.39. The van der Waals surface area contributed by atoms with Crippen LogP contribution in [-0.2, 0) is 22.4 Å². The number of fused-ring (bicyclic) bond motifs is 2. The highest BCUT2D eigenvalue weighted by molar-refractivity contribution is 9.10. The lowest BCUT2D eigenvalue weighted by Gasteiger charge is -2.15. The number of pyridine rings is 2. The van der Waals surface area contributed by atoms with Crippen molar-refractivity contribution in [2.24, 2.45) is 0 Å².